The van der Waals surface area contributed by atoms with Gasteiger partial charge in [0.2, 0.25) is 0 Å². The maximum atomic E-state index is 11.5. The number of ketones is 2. The van der Waals surface area contributed by atoms with Crippen LogP contribution < -0.4 is 0 Å². The zero-order chi connectivity index (χ0) is 13.8. The lowest BCUT2D eigenvalue weighted by Gasteiger charge is -2.12. The largest absolute Gasteiger partial charge is 0.300 e. The van der Waals surface area contributed by atoms with E-state index < -0.39 is 0 Å². The average molecular weight is 254 g/mol. The second kappa shape index (κ2) is 11.4. The van der Waals surface area contributed by atoms with Crippen LogP contribution in [0.5, 0.6) is 0 Å². The van der Waals surface area contributed by atoms with Gasteiger partial charge in [0, 0.05) is 18.8 Å². The highest BCUT2D eigenvalue weighted by molar-refractivity contribution is 5.78. The van der Waals surface area contributed by atoms with E-state index in [9.17, 15) is 9.59 Å². The third kappa shape index (κ3) is 9.38. The number of hydrogen-bond donors (Lipinski definition) is 0. The first kappa shape index (κ1) is 17.3. The van der Waals surface area contributed by atoms with Gasteiger partial charge in [0.1, 0.15) is 11.6 Å². The summed E-state index contributed by atoms with van der Waals surface area (Å²) in [4.78, 5) is 22.9. The second-order valence-electron chi connectivity index (χ2n) is 5.34. The van der Waals surface area contributed by atoms with Gasteiger partial charge in [-0.15, -0.1) is 0 Å². The molecule has 0 heterocycles. The van der Waals surface area contributed by atoms with Gasteiger partial charge >= 0.3 is 0 Å². The number of carbonyl (C=O) groups excluding carboxylic acids is 2. The highest BCUT2D eigenvalue weighted by Gasteiger charge is 2.13. The van der Waals surface area contributed by atoms with E-state index in [1.54, 1.807) is 6.92 Å². The molecule has 2 nitrogen and oxygen atoms in total. The molecule has 0 aliphatic heterocycles. The number of hydrogen-bond acceptors (Lipinski definition) is 2. The summed E-state index contributed by atoms with van der Waals surface area (Å²) in [5.41, 5.74) is 0. The predicted molar refractivity (Wildman–Crippen MR) is 76.7 cm³/mol. The molecule has 0 amide bonds. The Morgan fingerprint density at radius 1 is 0.833 bits per heavy atom. The SMILES string of the molecule is CCCCC(=O)CCCCC(CCCC)C(C)=O. The smallest absolute Gasteiger partial charge is 0.132 e. The van der Waals surface area contributed by atoms with E-state index in [4.69, 9.17) is 0 Å². The molecule has 0 aliphatic rings. The molecule has 0 aromatic rings. The van der Waals surface area contributed by atoms with Gasteiger partial charge in [-0.2, -0.15) is 0 Å². The molecule has 0 aromatic carbocycles. The van der Waals surface area contributed by atoms with E-state index >= 15 is 0 Å². The fourth-order valence-corrected chi connectivity index (χ4v) is 2.21. The number of carbonyl (C=O) groups is 2. The van der Waals surface area contributed by atoms with Crippen LogP contribution in [0.3, 0.4) is 0 Å². The molecule has 0 saturated carbocycles. The molecule has 18 heavy (non-hydrogen) atoms. The summed E-state index contributed by atoms with van der Waals surface area (Å²) >= 11 is 0. The molecule has 2 heteroatoms. The maximum Gasteiger partial charge on any atom is 0.132 e. The average Bonchev–Trinajstić information content (AvgIpc) is 2.34. The molecule has 106 valence electrons. The monoisotopic (exact) mass is 254 g/mol. The molecule has 1 unspecified atom stereocenters. The van der Waals surface area contributed by atoms with Crippen molar-refractivity contribution in [3.05, 3.63) is 0 Å². The summed E-state index contributed by atoms with van der Waals surface area (Å²) in [5.74, 6) is 0.946. The van der Waals surface area contributed by atoms with Crippen molar-refractivity contribution >= 4 is 11.6 Å². The van der Waals surface area contributed by atoms with E-state index in [2.05, 4.69) is 13.8 Å². The summed E-state index contributed by atoms with van der Waals surface area (Å²) in [6, 6.07) is 0. The molecule has 0 rings (SSSR count). The molecule has 0 spiro atoms. The Hall–Kier alpha value is -0.660. The number of rotatable bonds is 12. The van der Waals surface area contributed by atoms with Crippen LogP contribution in [0.4, 0.5) is 0 Å². The Kier molecular flexibility index (Phi) is 11.0. The van der Waals surface area contributed by atoms with Crippen molar-refractivity contribution in [2.24, 2.45) is 5.92 Å². The van der Waals surface area contributed by atoms with Crippen molar-refractivity contribution < 1.29 is 9.59 Å². The van der Waals surface area contributed by atoms with Crippen molar-refractivity contribution in [1.82, 2.24) is 0 Å². The van der Waals surface area contributed by atoms with Crippen LogP contribution in [0.25, 0.3) is 0 Å². The minimum Gasteiger partial charge on any atom is -0.300 e. The van der Waals surface area contributed by atoms with E-state index in [1.165, 1.54) is 0 Å². The molecule has 0 aliphatic carbocycles. The molecule has 0 N–H and O–H groups in total. The number of Topliss-reactive ketones (excluding diaryl/α,β-unsaturated/α-hetero) is 2. The first-order chi connectivity index (χ1) is 8.61. The Labute approximate surface area is 113 Å². The molecule has 1 atom stereocenters. The first-order valence-electron chi connectivity index (χ1n) is 7.63. The van der Waals surface area contributed by atoms with Gasteiger partial charge in [-0.1, -0.05) is 39.5 Å². The molecule has 0 radical (unpaired) electrons. The summed E-state index contributed by atoms with van der Waals surface area (Å²) in [7, 11) is 0. The molecule has 0 aromatic heterocycles. The van der Waals surface area contributed by atoms with Crippen molar-refractivity contribution in [2.45, 2.75) is 85.0 Å². The van der Waals surface area contributed by atoms with Crippen molar-refractivity contribution in [2.75, 3.05) is 0 Å². The lowest BCUT2D eigenvalue weighted by atomic mass is 9.92. The summed E-state index contributed by atoms with van der Waals surface area (Å²) in [6.07, 6.45) is 9.82. The third-order valence-electron chi connectivity index (χ3n) is 3.55. The van der Waals surface area contributed by atoms with E-state index in [0.717, 1.165) is 57.8 Å². The minimum atomic E-state index is 0.232. The predicted octanol–water partition coefficient (Wildman–Crippen LogP) is 4.70. The fraction of sp³-hybridized carbons (Fsp3) is 0.875. The Morgan fingerprint density at radius 3 is 1.94 bits per heavy atom. The number of unbranched alkanes of at least 4 members (excludes halogenated alkanes) is 3. The van der Waals surface area contributed by atoms with Gasteiger partial charge in [0.05, 0.1) is 0 Å². The lowest BCUT2D eigenvalue weighted by Crippen LogP contribution is -2.11. The molecule has 0 bridgehead atoms. The van der Waals surface area contributed by atoms with Crippen LogP contribution in [-0.2, 0) is 9.59 Å². The van der Waals surface area contributed by atoms with Crippen LogP contribution >= 0.6 is 0 Å². The Bertz CT molecular complexity index is 233. The lowest BCUT2D eigenvalue weighted by molar-refractivity contribution is -0.121. The standard InChI is InChI=1S/C16H30O2/c1-4-6-10-15(14(3)17)11-8-9-13-16(18)12-7-5-2/h15H,4-13H2,1-3H3. The van der Waals surface area contributed by atoms with Gasteiger partial charge in [0.25, 0.3) is 0 Å². The Morgan fingerprint density at radius 2 is 1.39 bits per heavy atom. The van der Waals surface area contributed by atoms with E-state index in [1.807, 2.05) is 0 Å². The van der Waals surface area contributed by atoms with Crippen molar-refractivity contribution in [1.29, 1.82) is 0 Å². The molecular formula is C16H30O2. The Balaban J connectivity index is 3.66. The quantitative estimate of drug-likeness (QED) is 0.473. The summed E-state index contributed by atoms with van der Waals surface area (Å²) in [6.45, 7) is 5.97. The van der Waals surface area contributed by atoms with Crippen LogP contribution in [-0.4, -0.2) is 11.6 Å². The second-order valence-corrected chi connectivity index (χ2v) is 5.34. The zero-order valence-corrected chi connectivity index (χ0v) is 12.5. The van der Waals surface area contributed by atoms with Crippen LogP contribution in [0, 0.1) is 5.92 Å². The zero-order valence-electron chi connectivity index (χ0n) is 12.5. The van der Waals surface area contributed by atoms with Gasteiger partial charge in [-0.05, 0) is 32.6 Å². The van der Waals surface area contributed by atoms with Crippen LogP contribution in [0.15, 0.2) is 0 Å². The van der Waals surface area contributed by atoms with Crippen molar-refractivity contribution in [3.63, 3.8) is 0 Å². The van der Waals surface area contributed by atoms with Crippen LogP contribution in [0.1, 0.15) is 85.0 Å². The summed E-state index contributed by atoms with van der Waals surface area (Å²) in [5, 5.41) is 0. The van der Waals surface area contributed by atoms with E-state index in [0.29, 0.717) is 18.0 Å². The van der Waals surface area contributed by atoms with Crippen molar-refractivity contribution in [3.8, 4) is 0 Å². The van der Waals surface area contributed by atoms with Gasteiger partial charge in [-0.25, -0.2) is 0 Å². The van der Waals surface area contributed by atoms with Gasteiger partial charge < -0.3 is 0 Å². The maximum absolute atomic E-state index is 11.5. The molecule has 0 saturated heterocycles. The first-order valence-corrected chi connectivity index (χ1v) is 7.63. The molecular weight excluding hydrogens is 224 g/mol. The van der Waals surface area contributed by atoms with E-state index in [-0.39, 0.29) is 5.92 Å². The van der Waals surface area contributed by atoms with Crippen LogP contribution in [0.2, 0.25) is 0 Å². The van der Waals surface area contributed by atoms with Gasteiger partial charge in [-0.3, -0.25) is 9.59 Å². The highest BCUT2D eigenvalue weighted by Crippen LogP contribution is 2.18. The minimum absolute atomic E-state index is 0.232. The fourth-order valence-electron chi connectivity index (χ4n) is 2.21. The topological polar surface area (TPSA) is 34.1 Å². The normalized spacial score (nSPS) is 12.4. The van der Waals surface area contributed by atoms with Gasteiger partial charge in [0.15, 0.2) is 0 Å². The molecule has 0 fully saturated rings. The summed E-state index contributed by atoms with van der Waals surface area (Å²) < 4.78 is 0. The third-order valence-corrected chi connectivity index (χ3v) is 3.55. The highest BCUT2D eigenvalue weighted by atomic mass is 16.1.